The van der Waals surface area contributed by atoms with E-state index in [-0.39, 0.29) is 24.4 Å². The Morgan fingerprint density at radius 1 is 1.38 bits per heavy atom. The number of fused-ring (bicyclic) bond motifs is 1. The summed E-state index contributed by atoms with van der Waals surface area (Å²) in [6.45, 7) is 6.01. The average Bonchev–Trinajstić information content (AvgIpc) is 3.12. The topological polar surface area (TPSA) is 72.7 Å². The second-order valence-corrected chi connectivity index (χ2v) is 6.61. The Kier molecular flexibility index (Phi) is 6.01. The third-order valence-electron chi connectivity index (χ3n) is 4.87. The van der Waals surface area contributed by atoms with E-state index in [1.165, 1.54) is 0 Å². The van der Waals surface area contributed by atoms with Crippen LogP contribution in [0.25, 0.3) is 0 Å². The van der Waals surface area contributed by atoms with Crippen LogP contribution in [0.3, 0.4) is 0 Å². The first-order valence-electron chi connectivity index (χ1n) is 8.87. The van der Waals surface area contributed by atoms with Crippen LogP contribution >= 0.6 is 12.4 Å². The van der Waals surface area contributed by atoms with Crippen LogP contribution in [0.15, 0.2) is 22.7 Å². The van der Waals surface area contributed by atoms with Crippen molar-refractivity contribution in [3.63, 3.8) is 0 Å². The van der Waals surface area contributed by atoms with Gasteiger partial charge in [-0.25, -0.2) is 0 Å². The molecule has 2 atom stereocenters. The lowest BCUT2D eigenvalue weighted by atomic mass is 9.96. The maximum absolute atomic E-state index is 5.89. The second kappa shape index (κ2) is 8.24. The lowest BCUT2D eigenvalue weighted by Gasteiger charge is -2.30. The molecule has 0 amide bonds. The zero-order chi connectivity index (χ0) is 17.2. The van der Waals surface area contributed by atoms with Gasteiger partial charge in [-0.05, 0) is 44.2 Å². The Bertz CT molecular complexity index is 739. The van der Waals surface area contributed by atoms with E-state index in [9.17, 15) is 0 Å². The first-order valence-corrected chi connectivity index (χ1v) is 8.87. The predicted octanol–water partition coefficient (Wildman–Crippen LogP) is 2.18. The maximum Gasteiger partial charge on any atom is 0.233 e. The van der Waals surface area contributed by atoms with Gasteiger partial charge < -0.3 is 19.3 Å². The van der Waals surface area contributed by atoms with E-state index in [0.29, 0.717) is 19.1 Å². The van der Waals surface area contributed by atoms with E-state index in [1.54, 1.807) is 0 Å². The molecule has 3 heterocycles. The van der Waals surface area contributed by atoms with Crippen molar-refractivity contribution in [1.82, 2.24) is 20.4 Å². The number of hydrogen-bond donors (Lipinski definition) is 1. The van der Waals surface area contributed by atoms with Gasteiger partial charge in [0.05, 0.1) is 18.6 Å². The zero-order valence-electron chi connectivity index (χ0n) is 15.1. The predicted molar refractivity (Wildman–Crippen MR) is 99.3 cm³/mol. The first kappa shape index (κ1) is 18.9. The van der Waals surface area contributed by atoms with Crippen molar-refractivity contribution in [3.05, 3.63) is 35.5 Å². The molecule has 1 aromatic heterocycles. The van der Waals surface area contributed by atoms with Gasteiger partial charge in [-0.3, -0.25) is 4.90 Å². The van der Waals surface area contributed by atoms with Crippen molar-refractivity contribution in [1.29, 1.82) is 0 Å². The molecule has 7 nitrogen and oxygen atoms in total. The minimum atomic E-state index is 0. The monoisotopic (exact) mass is 380 g/mol. The normalized spacial score (nSPS) is 22.8. The smallest absolute Gasteiger partial charge is 0.233 e. The highest BCUT2D eigenvalue weighted by Crippen LogP contribution is 2.34. The van der Waals surface area contributed by atoms with Crippen molar-refractivity contribution in [2.45, 2.75) is 25.3 Å². The summed E-state index contributed by atoms with van der Waals surface area (Å²) in [6, 6.07) is 6.12. The van der Waals surface area contributed by atoms with Crippen molar-refractivity contribution in [2.24, 2.45) is 0 Å². The van der Waals surface area contributed by atoms with Crippen molar-refractivity contribution in [2.75, 3.05) is 39.9 Å². The molecule has 2 aliphatic heterocycles. The molecule has 0 bridgehead atoms. The number of hydrogen-bond acceptors (Lipinski definition) is 7. The van der Waals surface area contributed by atoms with Gasteiger partial charge in [-0.15, -0.1) is 12.4 Å². The van der Waals surface area contributed by atoms with Gasteiger partial charge in [0.25, 0.3) is 0 Å². The summed E-state index contributed by atoms with van der Waals surface area (Å²) in [4.78, 5) is 6.93. The molecule has 0 aliphatic carbocycles. The molecule has 1 N–H and O–H groups in total. The standard InChI is InChI=1S/C18H24N4O3.ClH/c1-3-23-14-4-5-16-12(9-14)8-13(11-24-16)18-20-17(21-25-18)15-10-19-6-7-22(15)2;/h4-5,9,13,15,19H,3,6-8,10-11H2,1-2H3;1H. The summed E-state index contributed by atoms with van der Waals surface area (Å²) < 4.78 is 17.1. The van der Waals surface area contributed by atoms with E-state index in [4.69, 9.17) is 14.0 Å². The van der Waals surface area contributed by atoms with E-state index >= 15 is 0 Å². The van der Waals surface area contributed by atoms with Crippen LogP contribution in [0, 0.1) is 0 Å². The Morgan fingerprint density at radius 2 is 2.27 bits per heavy atom. The average molecular weight is 381 g/mol. The van der Waals surface area contributed by atoms with Gasteiger partial charge in [0, 0.05) is 19.6 Å². The van der Waals surface area contributed by atoms with Gasteiger partial charge in [-0.2, -0.15) is 4.98 Å². The fourth-order valence-electron chi connectivity index (χ4n) is 3.43. The van der Waals surface area contributed by atoms with Gasteiger partial charge in [0.15, 0.2) is 5.82 Å². The zero-order valence-corrected chi connectivity index (χ0v) is 15.9. The summed E-state index contributed by atoms with van der Waals surface area (Å²) in [5, 5.41) is 7.60. The second-order valence-electron chi connectivity index (χ2n) is 6.61. The lowest BCUT2D eigenvalue weighted by molar-refractivity contribution is 0.189. The van der Waals surface area contributed by atoms with Crippen molar-refractivity contribution in [3.8, 4) is 11.5 Å². The van der Waals surface area contributed by atoms with Crippen LogP contribution in [0.1, 0.15) is 36.2 Å². The molecule has 8 heteroatoms. The van der Waals surface area contributed by atoms with E-state index < -0.39 is 0 Å². The molecule has 0 spiro atoms. The summed E-state index contributed by atoms with van der Waals surface area (Å²) in [5.41, 5.74) is 1.12. The van der Waals surface area contributed by atoms with Crippen LogP contribution in [0.5, 0.6) is 11.5 Å². The molecular weight excluding hydrogens is 356 g/mol. The van der Waals surface area contributed by atoms with Gasteiger partial charge in [-0.1, -0.05) is 5.16 Å². The quantitative estimate of drug-likeness (QED) is 0.871. The SMILES string of the molecule is CCOc1ccc2c(c1)CC(c1nc(C3CNCCN3C)no1)CO2.Cl. The van der Waals surface area contributed by atoms with Crippen molar-refractivity contribution >= 4 is 12.4 Å². The third-order valence-corrected chi connectivity index (χ3v) is 4.87. The third kappa shape index (κ3) is 3.79. The highest BCUT2D eigenvalue weighted by atomic mass is 35.5. The van der Waals surface area contributed by atoms with Crippen LogP contribution in [-0.4, -0.2) is 54.9 Å². The van der Waals surface area contributed by atoms with Crippen LogP contribution in [-0.2, 0) is 6.42 Å². The van der Waals surface area contributed by atoms with E-state index in [2.05, 4.69) is 27.4 Å². The summed E-state index contributed by atoms with van der Waals surface area (Å²) in [5.74, 6) is 3.26. The molecule has 1 fully saturated rings. The first-order chi connectivity index (χ1) is 12.2. The lowest BCUT2D eigenvalue weighted by Crippen LogP contribution is -2.44. The van der Waals surface area contributed by atoms with E-state index in [0.717, 1.165) is 48.9 Å². The Balaban J connectivity index is 0.00000196. The van der Waals surface area contributed by atoms with Gasteiger partial charge in [0.2, 0.25) is 5.89 Å². The Hall–Kier alpha value is -1.83. The summed E-state index contributed by atoms with van der Waals surface area (Å²) >= 11 is 0. The van der Waals surface area contributed by atoms with Gasteiger partial charge in [0.1, 0.15) is 18.1 Å². The molecule has 2 aromatic rings. The number of aromatic nitrogens is 2. The molecule has 26 heavy (non-hydrogen) atoms. The fraction of sp³-hybridized carbons (Fsp3) is 0.556. The van der Waals surface area contributed by atoms with Crippen LogP contribution < -0.4 is 14.8 Å². The molecule has 1 aromatic carbocycles. The number of rotatable bonds is 4. The Morgan fingerprint density at radius 3 is 3.08 bits per heavy atom. The van der Waals surface area contributed by atoms with E-state index in [1.807, 2.05) is 25.1 Å². The number of nitrogens with zero attached hydrogens (tertiary/aromatic N) is 3. The molecule has 1 saturated heterocycles. The molecular formula is C18H25ClN4O3. The number of likely N-dealkylation sites (N-methyl/N-ethyl adjacent to an activating group) is 1. The number of benzene rings is 1. The van der Waals surface area contributed by atoms with Crippen LogP contribution in [0.4, 0.5) is 0 Å². The summed E-state index contributed by atoms with van der Waals surface area (Å²) in [6.07, 6.45) is 0.816. The molecule has 0 radical (unpaired) electrons. The largest absolute Gasteiger partial charge is 0.494 e. The highest BCUT2D eigenvalue weighted by molar-refractivity contribution is 5.85. The minimum Gasteiger partial charge on any atom is -0.494 e. The van der Waals surface area contributed by atoms with Gasteiger partial charge >= 0.3 is 0 Å². The molecule has 2 aliphatic rings. The highest BCUT2D eigenvalue weighted by Gasteiger charge is 2.30. The number of ether oxygens (including phenoxy) is 2. The van der Waals surface area contributed by atoms with Crippen molar-refractivity contribution < 1.29 is 14.0 Å². The molecule has 0 saturated carbocycles. The fourth-order valence-corrected chi connectivity index (χ4v) is 3.43. The Labute approximate surface area is 159 Å². The maximum atomic E-state index is 5.89. The molecule has 2 unspecified atom stereocenters. The number of nitrogens with one attached hydrogen (secondary N) is 1. The number of piperazine rings is 1. The number of halogens is 1. The summed E-state index contributed by atoms with van der Waals surface area (Å²) in [7, 11) is 2.09. The van der Waals surface area contributed by atoms with Crippen LogP contribution in [0.2, 0.25) is 0 Å². The minimum absolute atomic E-state index is 0. The molecule has 142 valence electrons. The molecule has 4 rings (SSSR count).